The molecule has 4 aliphatic rings. The Morgan fingerprint density at radius 2 is 1.77 bits per heavy atom. The molecule has 35 heavy (non-hydrogen) atoms. The quantitative estimate of drug-likeness (QED) is 0.677. The fourth-order valence-electron chi connectivity index (χ4n) is 6.02. The number of nitrogens with zero attached hydrogens (tertiary/aromatic N) is 5. The van der Waals surface area contributed by atoms with E-state index in [1.807, 2.05) is 0 Å². The number of urea groups is 1. The molecule has 3 heterocycles. The molecule has 2 saturated heterocycles. The number of nitrogens with one attached hydrogen (secondary N) is 1. The van der Waals surface area contributed by atoms with Gasteiger partial charge in [-0.1, -0.05) is 12.1 Å². The molecule has 0 radical (unpaired) electrons. The van der Waals surface area contributed by atoms with Crippen LogP contribution in [0.1, 0.15) is 76.9 Å². The number of piperazine rings is 1. The summed E-state index contributed by atoms with van der Waals surface area (Å²) in [6.45, 7) is 11.4. The van der Waals surface area contributed by atoms with E-state index < -0.39 is 18.4 Å². The topological polar surface area (TPSA) is 77.7 Å². The SMILES string of the molecule is CC(C)N1CCN([C@@H]2CCC[C@@H](F)[C@H]2NC(=O)N2CCC(C)(c3noc([C@@H]4C[C@@H]4F)n3)CC2)CC1. The zero-order valence-electron chi connectivity index (χ0n) is 21.3. The van der Waals surface area contributed by atoms with Crippen LogP contribution < -0.4 is 5.32 Å². The van der Waals surface area contributed by atoms with Crippen molar-refractivity contribution in [3.63, 3.8) is 0 Å². The van der Waals surface area contributed by atoms with Crippen LogP contribution in [0.2, 0.25) is 0 Å². The van der Waals surface area contributed by atoms with Gasteiger partial charge in [0.05, 0.1) is 12.0 Å². The number of hydrogen-bond acceptors (Lipinski definition) is 6. The summed E-state index contributed by atoms with van der Waals surface area (Å²) in [5, 5.41) is 7.21. The first-order chi connectivity index (χ1) is 16.7. The van der Waals surface area contributed by atoms with E-state index in [9.17, 15) is 9.18 Å². The molecule has 2 aliphatic carbocycles. The standard InChI is InChI=1S/C25H40F2N6O2/c1-16(2)31-11-13-32(14-12-31)20-6-4-5-18(26)21(20)28-24(34)33-9-7-25(3,8-10-33)23-29-22(35-30-23)17-15-19(17)27/h16-21H,4-15H2,1-3H3,(H,28,34)/t17-,18-,19+,20-,21-/m1/s1. The van der Waals surface area contributed by atoms with Crippen molar-refractivity contribution in [2.24, 2.45) is 0 Å². The van der Waals surface area contributed by atoms with Gasteiger partial charge in [0.2, 0.25) is 5.89 Å². The zero-order valence-corrected chi connectivity index (χ0v) is 21.3. The molecule has 0 aromatic carbocycles. The second-order valence-electron chi connectivity index (χ2n) is 11.5. The number of rotatable bonds is 5. The predicted octanol–water partition coefficient (Wildman–Crippen LogP) is 3.24. The Morgan fingerprint density at radius 1 is 1.09 bits per heavy atom. The number of aromatic nitrogens is 2. The first-order valence-electron chi connectivity index (χ1n) is 13.4. The van der Waals surface area contributed by atoms with E-state index in [4.69, 9.17) is 4.52 Å². The van der Waals surface area contributed by atoms with Gasteiger partial charge in [-0.15, -0.1) is 0 Å². The molecule has 0 spiro atoms. The normalized spacial score (nSPS) is 34.2. The number of hydrogen-bond donors (Lipinski definition) is 1. The lowest BCUT2D eigenvalue weighted by Gasteiger charge is -2.46. The Labute approximate surface area is 206 Å². The van der Waals surface area contributed by atoms with Crippen molar-refractivity contribution in [3.8, 4) is 0 Å². The number of carbonyl (C=O) groups excluding carboxylic acids is 1. The molecular formula is C25H40F2N6O2. The van der Waals surface area contributed by atoms with Gasteiger partial charge in [0.1, 0.15) is 12.3 Å². The van der Waals surface area contributed by atoms with Gasteiger partial charge in [-0.05, 0) is 52.4 Å². The van der Waals surface area contributed by atoms with Gasteiger partial charge in [-0.3, -0.25) is 9.80 Å². The van der Waals surface area contributed by atoms with E-state index in [0.29, 0.717) is 56.5 Å². The summed E-state index contributed by atoms with van der Waals surface area (Å²) in [5.74, 6) is 0.736. The summed E-state index contributed by atoms with van der Waals surface area (Å²) in [4.78, 5) is 24.3. The summed E-state index contributed by atoms with van der Waals surface area (Å²) in [5.41, 5.74) is -0.314. The monoisotopic (exact) mass is 494 g/mol. The van der Waals surface area contributed by atoms with E-state index in [0.717, 1.165) is 39.0 Å². The smallest absolute Gasteiger partial charge is 0.317 e. The third-order valence-electron chi connectivity index (χ3n) is 8.79. The van der Waals surface area contributed by atoms with Crippen molar-refractivity contribution < 1.29 is 18.1 Å². The maximum Gasteiger partial charge on any atom is 0.317 e. The third-order valence-corrected chi connectivity index (χ3v) is 8.79. The summed E-state index contributed by atoms with van der Waals surface area (Å²) in [6.07, 6.45) is 2.23. The minimum absolute atomic E-state index is 0.0478. The number of halogens is 2. The van der Waals surface area contributed by atoms with E-state index in [1.165, 1.54) is 0 Å². The average Bonchev–Trinajstić information content (AvgIpc) is 3.36. The molecule has 2 aliphatic heterocycles. The highest BCUT2D eigenvalue weighted by molar-refractivity contribution is 5.75. The summed E-state index contributed by atoms with van der Waals surface area (Å²) >= 11 is 0. The van der Waals surface area contributed by atoms with Gasteiger partial charge in [0.15, 0.2) is 5.82 Å². The van der Waals surface area contributed by atoms with Crippen LogP contribution >= 0.6 is 0 Å². The van der Waals surface area contributed by atoms with Crippen LogP contribution in [0.4, 0.5) is 13.6 Å². The Hall–Kier alpha value is -1.81. The van der Waals surface area contributed by atoms with Crippen molar-refractivity contribution in [1.82, 2.24) is 30.2 Å². The van der Waals surface area contributed by atoms with Crippen LogP contribution in [-0.2, 0) is 5.41 Å². The lowest BCUT2D eigenvalue weighted by molar-refractivity contribution is 0.0264. The zero-order chi connectivity index (χ0) is 24.7. The van der Waals surface area contributed by atoms with Gasteiger partial charge >= 0.3 is 6.03 Å². The summed E-state index contributed by atoms with van der Waals surface area (Å²) < 4.78 is 33.8. The summed E-state index contributed by atoms with van der Waals surface area (Å²) in [6, 6.07) is -0.0840. The van der Waals surface area contributed by atoms with Gasteiger partial charge in [-0.2, -0.15) is 4.98 Å². The maximum absolute atomic E-state index is 15.1. The van der Waals surface area contributed by atoms with Crippen molar-refractivity contribution in [1.29, 1.82) is 0 Å². The highest BCUT2D eigenvalue weighted by Gasteiger charge is 2.46. The summed E-state index contributed by atoms with van der Waals surface area (Å²) in [7, 11) is 0. The molecule has 0 unspecified atom stereocenters. The largest absolute Gasteiger partial charge is 0.339 e. The molecule has 5 rings (SSSR count). The number of amides is 2. The van der Waals surface area contributed by atoms with Gasteiger partial charge in [0, 0.05) is 56.8 Å². The molecule has 196 valence electrons. The number of likely N-dealkylation sites (tertiary alicyclic amines) is 1. The Bertz CT molecular complexity index is 881. The molecule has 0 bridgehead atoms. The van der Waals surface area contributed by atoms with E-state index in [1.54, 1.807) is 4.90 Å². The fraction of sp³-hybridized carbons (Fsp3) is 0.880. The minimum Gasteiger partial charge on any atom is -0.339 e. The molecule has 2 amide bonds. The number of piperidine rings is 1. The highest BCUT2D eigenvalue weighted by atomic mass is 19.1. The van der Waals surface area contributed by atoms with Crippen LogP contribution in [0, 0.1) is 0 Å². The first-order valence-corrected chi connectivity index (χ1v) is 13.4. The third kappa shape index (κ3) is 5.19. The van der Waals surface area contributed by atoms with E-state index >= 15 is 4.39 Å². The van der Waals surface area contributed by atoms with Crippen LogP contribution in [-0.4, -0.2) is 101 Å². The van der Waals surface area contributed by atoms with Crippen molar-refractivity contribution in [2.45, 2.75) is 101 Å². The Morgan fingerprint density at radius 3 is 2.40 bits per heavy atom. The second kappa shape index (κ2) is 9.92. The lowest BCUT2D eigenvalue weighted by Crippen LogP contribution is -2.63. The number of alkyl halides is 2. The van der Waals surface area contributed by atoms with Crippen LogP contribution in [0.3, 0.4) is 0 Å². The number of carbonyl (C=O) groups is 1. The molecule has 8 nitrogen and oxygen atoms in total. The van der Waals surface area contributed by atoms with Crippen LogP contribution in [0.5, 0.6) is 0 Å². The predicted molar refractivity (Wildman–Crippen MR) is 128 cm³/mol. The molecule has 4 fully saturated rings. The highest BCUT2D eigenvalue weighted by Crippen LogP contribution is 2.43. The molecule has 1 aromatic rings. The van der Waals surface area contributed by atoms with Crippen molar-refractivity contribution in [2.75, 3.05) is 39.3 Å². The van der Waals surface area contributed by atoms with Crippen molar-refractivity contribution >= 4 is 6.03 Å². The van der Waals surface area contributed by atoms with E-state index in [-0.39, 0.29) is 23.4 Å². The van der Waals surface area contributed by atoms with E-state index in [2.05, 4.69) is 46.0 Å². The van der Waals surface area contributed by atoms with Crippen LogP contribution in [0.25, 0.3) is 0 Å². The fourth-order valence-corrected chi connectivity index (χ4v) is 6.02. The molecule has 10 heteroatoms. The molecule has 2 saturated carbocycles. The molecular weight excluding hydrogens is 454 g/mol. The van der Waals surface area contributed by atoms with Crippen molar-refractivity contribution in [3.05, 3.63) is 11.7 Å². The second-order valence-corrected chi connectivity index (χ2v) is 11.5. The lowest BCUT2D eigenvalue weighted by atomic mass is 9.79. The first kappa shape index (κ1) is 24.9. The van der Waals surface area contributed by atoms with Gasteiger partial charge in [-0.25, -0.2) is 13.6 Å². The molecule has 5 atom stereocenters. The van der Waals surface area contributed by atoms with Crippen LogP contribution in [0.15, 0.2) is 4.52 Å². The average molecular weight is 495 g/mol. The van der Waals surface area contributed by atoms with Gasteiger partial charge in [0.25, 0.3) is 0 Å². The molecule has 1 aromatic heterocycles. The Balaban J connectivity index is 1.17. The Kier molecular flexibility index (Phi) is 7.05. The molecule has 1 N–H and O–H groups in total. The minimum atomic E-state index is -1.02. The maximum atomic E-state index is 15.1. The van der Waals surface area contributed by atoms with Gasteiger partial charge < -0.3 is 14.7 Å².